The van der Waals surface area contributed by atoms with E-state index in [0.717, 1.165) is 31.2 Å². The summed E-state index contributed by atoms with van der Waals surface area (Å²) in [6, 6.07) is 17.1. The molecule has 0 heterocycles. The van der Waals surface area contributed by atoms with Crippen LogP contribution in [0, 0.1) is 0 Å². The number of rotatable bonds is 5. The molecule has 1 fully saturated rings. The van der Waals surface area contributed by atoms with Crippen molar-refractivity contribution >= 4 is 34.8 Å². The molecular weight excluding hydrogens is 382 g/mol. The number of para-hydroxylation sites is 1. The number of thiocarbonyl (C=S) groups is 1. The zero-order valence-corrected chi connectivity index (χ0v) is 17.5. The van der Waals surface area contributed by atoms with E-state index < -0.39 is 0 Å². The van der Waals surface area contributed by atoms with Crippen LogP contribution in [0.2, 0.25) is 0 Å². The molecule has 152 valence electrons. The summed E-state index contributed by atoms with van der Waals surface area (Å²) in [5.74, 6) is -0.282. The average molecular weight is 410 g/mol. The predicted molar refractivity (Wildman–Crippen MR) is 120 cm³/mol. The third-order valence-electron chi connectivity index (χ3n) is 5.21. The third-order valence-corrected chi connectivity index (χ3v) is 5.58. The van der Waals surface area contributed by atoms with Crippen LogP contribution in [-0.2, 0) is 11.2 Å². The Bertz CT molecular complexity index is 863. The Labute approximate surface area is 177 Å². The Morgan fingerprint density at radius 2 is 1.66 bits per heavy atom. The van der Waals surface area contributed by atoms with Crippen LogP contribution in [0.5, 0.6) is 0 Å². The molecule has 6 heteroatoms. The van der Waals surface area contributed by atoms with Gasteiger partial charge in [-0.1, -0.05) is 61.7 Å². The highest BCUT2D eigenvalue weighted by Crippen LogP contribution is 2.22. The molecule has 1 saturated carbocycles. The molecule has 29 heavy (non-hydrogen) atoms. The van der Waals surface area contributed by atoms with E-state index in [2.05, 4.69) is 10.6 Å². The zero-order chi connectivity index (χ0) is 20.6. The van der Waals surface area contributed by atoms with Crippen LogP contribution < -0.4 is 15.5 Å². The number of hydrogen-bond donors (Lipinski definition) is 2. The lowest BCUT2D eigenvalue weighted by atomic mass is 9.95. The van der Waals surface area contributed by atoms with Gasteiger partial charge in [-0.3, -0.25) is 9.59 Å². The van der Waals surface area contributed by atoms with E-state index in [4.69, 9.17) is 12.2 Å². The van der Waals surface area contributed by atoms with Crippen LogP contribution in [0.15, 0.2) is 54.6 Å². The van der Waals surface area contributed by atoms with Gasteiger partial charge < -0.3 is 15.5 Å². The minimum Gasteiger partial charge on any atom is -0.349 e. The lowest BCUT2D eigenvalue weighted by Crippen LogP contribution is -2.42. The van der Waals surface area contributed by atoms with Gasteiger partial charge in [-0.15, -0.1) is 0 Å². The van der Waals surface area contributed by atoms with Crippen LogP contribution in [0.25, 0.3) is 0 Å². The lowest BCUT2D eigenvalue weighted by Gasteiger charge is -2.26. The second kappa shape index (κ2) is 10.2. The van der Waals surface area contributed by atoms with Gasteiger partial charge in [-0.25, -0.2) is 0 Å². The highest BCUT2D eigenvalue weighted by Gasteiger charge is 2.21. The number of anilines is 1. The molecule has 2 amide bonds. The van der Waals surface area contributed by atoms with Gasteiger partial charge in [0.2, 0.25) is 5.91 Å². The van der Waals surface area contributed by atoms with Crippen molar-refractivity contribution in [3.63, 3.8) is 0 Å². The van der Waals surface area contributed by atoms with Crippen molar-refractivity contribution in [2.45, 2.75) is 44.6 Å². The van der Waals surface area contributed by atoms with Crippen LogP contribution in [-0.4, -0.2) is 30.0 Å². The first-order chi connectivity index (χ1) is 14.0. The van der Waals surface area contributed by atoms with Gasteiger partial charge in [-0.2, -0.15) is 0 Å². The summed E-state index contributed by atoms with van der Waals surface area (Å²) in [5, 5.41) is 6.17. The first kappa shape index (κ1) is 21.0. The Hall–Kier alpha value is -2.73. The van der Waals surface area contributed by atoms with E-state index in [1.165, 1.54) is 6.42 Å². The molecule has 0 saturated heterocycles. The molecule has 0 spiro atoms. The molecule has 3 rings (SSSR count). The summed E-state index contributed by atoms with van der Waals surface area (Å²) >= 11 is 5.42. The smallest absolute Gasteiger partial charge is 0.253 e. The summed E-state index contributed by atoms with van der Waals surface area (Å²) in [6.45, 7) is 0. The predicted octanol–water partition coefficient (Wildman–Crippen LogP) is 3.83. The Morgan fingerprint density at radius 3 is 2.38 bits per heavy atom. The number of carbonyl (C=O) groups excluding carboxylic acids is 2. The van der Waals surface area contributed by atoms with Gasteiger partial charge in [0.1, 0.15) is 0 Å². The number of benzene rings is 2. The van der Waals surface area contributed by atoms with Crippen molar-refractivity contribution in [3.8, 4) is 0 Å². The fourth-order valence-corrected chi connectivity index (χ4v) is 3.82. The Morgan fingerprint density at radius 1 is 1.00 bits per heavy atom. The molecule has 1 aliphatic carbocycles. The summed E-state index contributed by atoms with van der Waals surface area (Å²) in [4.78, 5) is 26.9. The maximum Gasteiger partial charge on any atom is 0.253 e. The molecule has 0 aliphatic heterocycles. The maximum atomic E-state index is 12.9. The molecule has 2 aromatic rings. The molecule has 0 aromatic heterocycles. The number of hydrogen-bond acceptors (Lipinski definition) is 3. The highest BCUT2D eigenvalue weighted by atomic mass is 32.1. The van der Waals surface area contributed by atoms with E-state index in [1.54, 1.807) is 18.0 Å². The van der Waals surface area contributed by atoms with E-state index in [0.29, 0.717) is 11.3 Å². The van der Waals surface area contributed by atoms with Crippen molar-refractivity contribution in [2.75, 3.05) is 11.9 Å². The lowest BCUT2D eigenvalue weighted by molar-refractivity contribution is -0.119. The molecule has 5 nitrogen and oxygen atoms in total. The van der Waals surface area contributed by atoms with Gasteiger partial charge in [0.15, 0.2) is 5.11 Å². The van der Waals surface area contributed by atoms with Crippen molar-refractivity contribution in [1.82, 2.24) is 10.6 Å². The molecule has 1 aliphatic rings. The molecule has 2 aromatic carbocycles. The van der Waals surface area contributed by atoms with Crippen molar-refractivity contribution in [2.24, 2.45) is 0 Å². The molecule has 0 radical (unpaired) electrons. The zero-order valence-electron chi connectivity index (χ0n) is 16.7. The highest BCUT2D eigenvalue weighted by molar-refractivity contribution is 7.80. The third kappa shape index (κ3) is 5.87. The summed E-state index contributed by atoms with van der Waals surface area (Å²) < 4.78 is 0. The second-order valence-corrected chi connectivity index (χ2v) is 7.79. The van der Waals surface area contributed by atoms with E-state index in [1.807, 2.05) is 48.5 Å². The van der Waals surface area contributed by atoms with Gasteiger partial charge in [-0.05, 0) is 42.8 Å². The van der Waals surface area contributed by atoms with E-state index in [9.17, 15) is 9.59 Å². The first-order valence-electron chi connectivity index (χ1n) is 10.1. The Kier molecular flexibility index (Phi) is 7.36. The molecule has 0 unspecified atom stereocenters. The largest absolute Gasteiger partial charge is 0.349 e. The number of amides is 2. The number of nitrogens with one attached hydrogen (secondary N) is 2. The van der Waals surface area contributed by atoms with Crippen LogP contribution in [0.1, 0.15) is 48.0 Å². The van der Waals surface area contributed by atoms with Gasteiger partial charge >= 0.3 is 0 Å². The molecule has 0 bridgehead atoms. The van der Waals surface area contributed by atoms with Crippen LogP contribution >= 0.6 is 12.2 Å². The molecular formula is C23H27N3O2S. The fraction of sp³-hybridized carbons (Fsp3) is 0.348. The molecule has 0 atom stereocenters. The Balaban J connectivity index is 1.65. The SMILES string of the molecule is CN(C(=S)NC(=O)Cc1ccccc1)c1ccccc1C(=O)NC1CCCCC1. The van der Waals surface area contributed by atoms with Crippen molar-refractivity contribution in [3.05, 3.63) is 65.7 Å². The normalized spacial score (nSPS) is 14.1. The van der Waals surface area contributed by atoms with Crippen LogP contribution in [0.3, 0.4) is 0 Å². The fourth-order valence-electron chi connectivity index (χ4n) is 3.61. The minimum absolute atomic E-state index is 0.0993. The van der Waals surface area contributed by atoms with Crippen LogP contribution in [0.4, 0.5) is 5.69 Å². The maximum absolute atomic E-state index is 12.9. The number of nitrogens with zero attached hydrogens (tertiary/aromatic N) is 1. The number of carbonyl (C=O) groups is 2. The van der Waals surface area contributed by atoms with E-state index in [-0.39, 0.29) is 29.4 Å². The topological polar surface area (TPSA) is 61.4 Å². The first-order valence-corrected chi connectivity index (χ1v) is 10.5. The quantitative estimate of drug-likeness (QED) is 0.737. The van der Waals surface area contributed by atoms with Crippen molar-refractivity contribution < 1.29 is 9.59 Å². The van der Waals surface area contributed by atoms with Gasteiger partial charge in [0.05, 0.1) is 17.7 Å². The average Bonchev–Trinajstić information content (AvgIpc) is 2.74. The van der Waals surface area contributed by atoms with Gasteiger partial charge in [0, 0.05) is 13.1 Å². The summed E-state index contributed by atoms with van der Waals surface area (Å²) in [5.41, 5.74) is 2.15. The second-order valence-electron chi connectivity index (χ2n) is 7.40. The minimum atomic E-state index is -0.183. The monoisotopic (exact) mass is 409 g/mol. The van der Waals surface area contributed by atoms with Gasteiger partial charge in [0.25, 0.3) is 5.91 Å². The standard InChI is InChI=1S/C23H27N3O2S/c1-26(23(29)25-21(27)16-17-10-4-2-5-11-17)20-15-9-8-14-19(20)22(28)24-18-12-6-3-7-13-18/h2,4-5,8-11,14-15,18H,3,6-7,12-13,16H2,1H3,(H,24,28)(H,25,27,29). The molecule has 2 N–H and O–H groups in total. The van der Waals surface area contributed by atoms with Crippen molar-refractivity contribution in [1.29, 1.82) is 0 Å². The summed E-state index contributed by atoms with van der Waals surface area (Å²) in [6.07, 6.45) is 5.85. The summed E-state index contributed by atoms with van der Waals surface area (Å²) in [7, 11) is 1.76. The van der Waals surface area contributed by atoms with E-state index >= 15 is 0 Å².